The minimum absolute atomic E-state index is 0.0175. The molecule has 1 aliphatic rings. The van der Waals surface area contributed by atoms with Crippen molar-refractivity contribution in [2.75, 3.05) is 26.3 Å². The van der Waals surface area contributed by atoms with Crippen LogP contribution in [-0.2, 0) is 28.8 Å². The number of carbonyl (C=O) groups is 1. The van der Waals surface area contributed by atoms with Crippen LogP contribution in [0.3, 0.4) is 0 Å². The first-order valence-corrected chi connectivity index (χ1v) is 11.8. The zero-order valence-electron chi connectivity index (χ0n) is 17.6. The fraction of sp³-hybridized carbons (Fsp3) is 0.542. The summed E-state index contributed by atoms with van der Waals surface area (Å²) in [5.41, 5.74) is 1.25. The molecule has 0 spiro atoms. The van der Waals surface area contributed by atoms with Gasteiger partial charge >= 0.3 is 0 Å². The quantitative estimate of drug-likeness (QED) is 0.501. The first kappa shape index (κ1) is 22.3. The summed E-state index contributed by atoms with van der Waals surface area (Å²) >= 11 is 8.16. The Morgan fingerprint density at radius 2 is 1.76 bits per heavy atom. The molecule has 2 aromatic rings. The maximum Gasteiger partial charge on any atom is 0.223 e. The summed E-state index contributed by atoms with van der Waals surface area (Å²) in [7, 11) is 0. The summed E-state index contributed by atoms with van der Waals surface area (Å²) in [4.78, 5) is 17.4. The molecule has 158 valence electrons. The molecule has 1 aromatic heterocycles. The van der Waals surface area contributed by atoms with E-state index >= 15 is 0 Å². The van der Waals surface area contributed by atoms with E-state index < -0.39 is 0 Å². The van der Waals surface area contributed by atoms with E-state index in [0.717, 1.165) is 50.2 Å². The molecule has 1 aromatic carbocycles. The Bertz CT molecular complexity index is 796. The number of thiophene rings is 1. The highest BCUT2D eigenvalue weighted by Gasteiger charge is 2.26. The number of benzene rings is 1. The van der Waals surface area contributed by atoms with E-state index in [4.69, 9.17) is 16.3 Å². The third-order valence-corrected chi connectivity index (χ3v) is 7.16. The summed E-state index contributed by atoms with van der Waals surface area (Å²) in [6, 6.07) is 12.6. The van der Waals surface area contributed by atoms with E-state index in [-0.39, 0.29) is 11.3 Å². The molecule has 0 N–H and O–H groups in total. The van der Waals surface area contributed by atoms with Crippen LogP contribution in [0.5, 0.6) is 0 Å². The molecule has 0 bridgehead atoms. The Balaban J connectivity index is 1.42. The molecular weight excluding hydrogens is 402 g/mol. The van der Waals surface area contributed by atoms with Crippen molar-refractivity contribution in [3.05, 3.63) is 56.7 Å². The van der Waals surface area contributed by atoms with Crippen molar-refractivity contribution in [3.63, 3.8) is 0 Å². The van der Waals surface area contributed by atoms with Crippen LogP contribution >= 0.6 is 22.9 Å². The summed E-state index contributed by atoms with van der Waals surface area (Å²) in [5.74, 6) is 0.268. The van der Waals surface area contributed by atoms with Gasteiger partial charge < -0.3 is 9.64 Å². The lowest BCUT2D eigenvalue weighted by Crippen LogP contribution is -2.42. The normalized spacial score (nSPS) is 14.9. The number of aryl methyl sites for hydroxylation is 3. The fourth-order valence-corrected chi connectivity index (χ4v) is 5.02. The number of amides is 1. The monoisotopic (exact) mass is 433 g/mol. The van der Waals surface area contributed by atoms with Gasteiger partial charge in [0.2, 0.25) is 5.91 Å². The molecule has 1 saturated heterocycles. The second-order valence-corrected chi connectivity index (χ2v) is 10.3. The number of hydrogen-bond donors (Lipinski definition) is 0. The minimum atomic E-state index is 0.0175. The zero-order valence-corrected chi connectivity index (χ0v) is 19.2. The smallest absolute Gasteiger partial charge is 0.223 e. The van der Waals surface area contributed by atoms with Crippen LogP contribution in [0.25, 0.3) is 0 Å². The first-order chi connectivity index (χ1) is 13.9. The van der Waals surface area contributed by atoms with E-state index in [2.05, 4.69) is 38.1 Å². The molecule has 0 aliphatic carbocycles. The van der Waals surface area contributed by atoms with Crippen molar-refractivity contribution in [3.8, 4) is 0 Å². The Morgan fingerprint density at radius 1 is 1.07 bits per heavy atom. The van der Waals surface area contributed by atoms with Gasteiger partial charge in [0.1, 0.15) is 0 Å². The number of halogens is 1. The van der Waals surface area contributed by atoms with E-state index in [1.165, 1.54) is 15.3 Å². The van der Waals surface area contributed by atoms with Crippen LogP contribution in [0, 0.1) is 5.41 Å². The Morgan fingerprint density at radius 3 is 2.48 bits per heavy atom. The molecule has 5 heteroatoms. The fourth-order valence-electron chi connectivity index (χ4n) is 3.73. The molecule has 3 rings (SSSR count). The topological polar surface area (TPSA) is 29.5 Å². The number of hydrogen-bond acceptors (Lipinski definition) is 3. The largest absolute Gasteiger partial charge is 0.378 e. The van der Waals surface area contributed by atoms with Crippen molar-refractivity contribution >= 4 is 28.8 Å². The molecule has 2 heterocycles. The van der Waals surface area contributed by atoms with Gasteiger partial charge in [-0.3, -0.25) is 4.79 Å². The number of morpholine rings is 1. The van der Waals surface area contributed by atoms with Crippen LogP contribution in [0.1, 0.15) is 48.4 Å². The number of ether oxygens (including phenoxy) is 1. The van der Waals surface area contributed by atoms with E-state index in [0.29, 0.717) is 19.6 Å². The number of rotatable bonds is 9. The van der Waals surface area contributed by atoms with Gasteiger partial charge in [-0.25, -0.2) is 0 Å². The standard InChI is InChI=1S/C24H32ClNO2S/c1-24(2,18-23(27)26-14-16-28-17-15-26)13-12-21-11-10-20(29-21)8-5-7-19-6-3-4-9-22(19)25/h3-4,6,9-11H,5,7-8,12-18H2,1-2H3. The molecule has 0 atom stereocenters. The van der Waals surface area contributed by atoms with E-state index in [1.54, 1.807) is 0 Å². The van der Waals surface area contributed by atoms with Crippen LogP contribution in [0.4, 0.5) is 0 Å². The van der Waals surface area contributed by atoms with Crippen LogP contribution < -0.4 is 0 Å². The predicted octanol–water partition coefficient (Wildman–Crippen LogP) is 5.78. The average molecular weight is 434 g/mol. The Hall–Kier alpha value is -1.36. The van der Waals surface area contributed by atoms with Crippen LogP contribution in [0.15, 0.2) is 36.4 Å². The van der Waals surface area contributed by atoms with Crippen molar-refractivity contribution in [2.24, 2.45) is 5.41 Å². The Kier molecular flexibility index (Phi) is 8.16. The summed E-state index contributed by atoms with van der Waals surface area (Å²) < 4.78 is 5.35. The third kappa shape index (κ3) is 7.13. The third-order valence-electron chi connectivity index (χ3n) is 5.59. The van der Waals surface area contributed by atoms with Crippen molar-refractivity contribution in [2.45, 2.75) is 52.4 Å². The SMILES string of the molecule is CC(C)(CCc1ccc(CCCc2ccccc2Cl)s1)CC(=O)N1CCOCC1. The van der Waals surface area contributed by atoms with Gasteiger partial charge in [-0.05, 0) is 61.3 Å². The van der Waals surface area contributed by atoms with Gasteiger partial charge in [0.15, 0.2) is 0 Å². The maximum absolute atomic E-state index is 12.6. The Labute approximate surface area is 184 Å². The molecule has 0 radical (unpaired) electrons. The lowest BCUT2D eigenvalue weighted by atomic mass is 9.83. The first-order valence-electron chi connectivity index (χ1n) is 10.6. The lowest BCUT2D eigenvalue weighted by molar-refractivity contribution is -0.137. The van der Waals surface area contributed by atoms with Gasteiger partial charge in [-0.15, -0.1) is 11.3 Å². The highest BCUT2D eigenvalue weighted by molar-refractivity contribution is 7.11. The maximum atomic E-state index is 12.6. The molecule has 3 nitrogen and oxygen atoms in total. The van der Waals surface area contributed by atoms with Gasteiger partial charge in [0.05, 0.1) is 13.2 Å². The molecular formula is C24H32ClNO2S. The molecule has 1 fully saturated rings. The molecule has 0 saturated carbocycles. The van der Waals surface area contributed by atoms with Crippen molar-refractivity contribution in [1.29, 1.82) is 0 Å². The highest BCUT2D eigenvalue weighted by atomic mass is 35.5. The predicted molar refractivity (Wildman–Crippen MR) is 122 cm³/mol. The summed E-state index contributed by atoms with van der Waals surface area (Å²) in [6.45, 7) is 7.23. The van der Waals surface area contributed by atoms with E-state index in [1.807, 2.05) is 28.4 Å². The number of carbonyl (C=O) groups excluding carboxylic acids is 1. The van der Waals surface area contributed by atoms with Crippen LogP contribution in [-0.4, -0.2) is 37.1 Å². The van der Waals surface area contributed by atoms with Gasteiger partial charge in [-0.2, -0.15) is 0 Å². The van der Waals surface area contributed by atoms with Crippen molar-refractivity contribution < 1.29 is 9.53 Å². The minimum Gasteiger partial charge on any atom is -0.378 e. The summed E-state index contributed by atoms with van der Waals surface area (Å²) in [5, 5.41) is 0.869. The van der Waals surface area contributed by atoms with Gasteiger partial charge in [0, 0.05) is 34.3 Å². The number of nitrogens with zero attached hydrogens (tertiary/aromatic N) is 1. The second kappa shape index (κ2) is 10.6. The molecule has 1 aliphatic heterocycles. The van der Waals surface area contributed by atoms with Crippen LogP contribution in [0.2, 0.25) is 5.02 Å². The zero-order chi connectivity index (χ0) is 20.7. The molecule has 1 amide bonds. The lowest BCUT2D eigenvalue weighted by Gasteiger charge is -2.31. The van der Waals surface area contributed by atoms with E-state index in [9.17, 15) is 4.79 Å². The second-order valence-electron chi connectivity index (χ2n) is 8.65. The van der Waals surface area contributed by atoms with Gasteiger partial charge in [-0.1, -0.05) is 43.6 Å². The molecule has 0 unspecified atom stereocenters. The average Bonchev–Trinajstić information content (AvgIpc) is 3.16. The summed E-state index contributed by atoms with van der Waals surface area (Å²) in [6.07, 6.45) is 5.91. The molecule has 29 heavy (non-hydrogen) atoms. The van der Waals surface area contributed by atoms with Crippen molar-refractivity contribution in [1.82, 2.24) is 4.90 Å². The highest BCUT2D eigenvalue weighted by Crippen LogP contribution is 2.30. The van der Waals surface area contributed by atoms with Gasteiger partial charge in [0.25, 0.3) is 0 Å².